The highest BCUT2D eigenvalue weighted by molar-refractivity contribution is 5.61. The number of hydrogen-bond acceptors (Lipinski definition) is 7. The first-order valence-electron chi connectivity index (χ1n) is 9.08. The van der Waals surface area contributed by atoms with E-state index in [1.807, 2.05) is 47.8 Å². The van der Waals surface area contributed by atoms with E-state index in [9.17, 15) is 0 Å². The highest BCUT2D eigenvalue weighted by atomic mass is 15.3. The number of hydrogen-bond donors (Lipinski definition) is 1. The zero-order valence-electron chi connectivity index (χ0n) is 15.6. The lowest BCUT2D eigenvalue weighted by Gasteiger charge is -2.06. The zero-order chi connectivity index (χ0) is 19.6. The first-order valence-corrected chi connectivity index (χ1v) is 9.08. The first kappa shape index (κ1) is 17.0. The Hall–Kier alpha value is -4.14. The second kappa shape index (κ2) is 7.12. The van der Waals surface area contributed by atoms with Gasteiger partial charge in [-0.05, 0) is 11.6 Å². The summed E-state index contributed by atoms with van der Waals surface area (Å²) in [7, 11) is 1.85. The summed E-state index contributed by atoms with van der Waals surface area (Å²) < 4.78 is 3.61. The predicted molar refractivity (Wildman–Crippen MR) is 108 cm³/mol. The van der Waals surface area contributed by atoms with Crippen LogP contribution in [0.5, 0.6) is 0 Å². The van der Waals surface area contributed by atoms with Crippen molar-refractivity contribution in [3.63, 3.8) is 0 Å². The van der Waals surface area contributed by atoms with E-state index >= 15 is 0 Å². The van der Waals surface area contributed by atoms with Crippen LogP contribution in [-0.4, -0.2) is 39.3 Å². The SMILES string of the molecule is Cn1nccc1Nc1nccc(-c2cc3nnc(Cc4ccccc4)n3cn2)n1. The van der Waals surface area contributed by atoms with Gasteiger partial charge in [-0.3, -0.25) is 9.08 Å². The zero-order valence-corrected chi connectivity index (χ0v) is 15.6. The molecule has 9 nitrogen and oxygen atoms in total. The van der Waals surface area contributed by atoms with Crippen molar-refractivity contribution in [3.05, 3.63) is 78.6 Å². The molecule has 4 aromatic heterocycles. The molecule has 0 unspecified atom stereocenters. The summed E-state index contributed by atoms with van der Waals surface area (Å²) in [5.74, 6) is 2.11. The van der Waals surface area contributed by atoms with Gasteiger partial charge >= 0.3 is 0 Å². The van der Waals surface area contributed by atoms with E-state index in [1.165, 1.54) is 5.56 Å². The largest absolute Gasteiger partial charge is 0.309 e. The maximum absolute atomic E-state index is 4.56. The Labute approximate surface area is 166 Å². The van der Waals surface area contributed by atoms with Gasteiger partial charge < -0.3 is 5.32 Å². The average Bonchev–Trinajstić information content (AvgIpc) is 3.35. The summed E-state index contributed by atoms with van der Waals surface area (Å²) in [6.07, 6.45) is 5.83. The highest BCUT2D eigenvalue weighted by Gasteiger charge is 2.11. The van der Waals surface area contributed by atoms with E-state index in [-0.39, 0.29) is 0 Å². The normalized spacial score (nSPS) is 11.1. The summed E-state index contributed by atoms with van der Waals surface area (Å²) >= 11 is 0. The molecular weight excluding hydrogens is 366 g/mol. The fraction of sp³-hybridized carbons (Fsp3) is 0.100. The Balaban J connectivity index is 1.44. The van der Waals surface area contributed by atoms with Crippen LogP contribution < -0.4 is 5.32 Å². The lowest BCUT2D eigenvalue weighted by Crippen LogP contribution is -2.03. The van der Waals surface area contributed by atoms with Crippen molar-refractivity contribution in [2.24, 2.45) is 7.05 Å². The lowest BCUT2D eigenvalue weighted by molar-refractivity contribution is 0.775. The average molecular weight is 383 g/mol. The minimum absolute atomic E-state index is 0.471. The van der Waals surface area contributed by atoms with Crippen molar-refractivity contribution in [3.8, 4) is 11.4 Å². The Bertz CT molecular complexity index is 1270. The van der Waals surface area contributed by atoms with Crippen molar-refractivity contribution in [2.75, 3.05) is 5.32 Å². The van der Waals surface area contributed by atoms with Gasteiger partial charge in [-0.1, -0.05) is 30.3 Å². The number of nitrogens with one attached hydrogen (secondary N) is 1. The summed E-state index contributed by atoms with van der Waals surface area (Å²) in [6.45, 7) is 0. The van der Waals surface area contributed by atoms with Gasteiger partial charge in [0, 0.05) is 31.8 Å². The molecule has 0 bridgehead atoms. The van der Waals surface area contributed by atoms with Crippen LogP contribution in [-0.2, 0) is 13.5 Å². The highest BCUT2D eigenvalue weighted by Crippen LogP contribution is 2.19. The molecule has 0 saturated heterocycles. The van der Waals surface area contributed by atoms with Crippen LogP contribution in [0.4, 0.5) is 11.8 Å². The monoisotopic (exact) mass is 383 g/mol. The van der Waals surface area contributed by atoms with Crippen LogP contribution in [0.1, 0.15) is 11.4 Å². The molecule has 1 aromatic carbocycles. The Morgan fingerprint density at radius 3 is 2.66 bits per heavy atom. The number of aromatic nitrogens is 8. The molecule has 0 radical (unpaired) electrons. The minimum Gasteiger partial charge on any atom is -0.309 e. The van der Waals surface area contributed by atoms with Gasteiger partial charge in [0.05, 0.1) is 17.6 Å². The molecule has 29 heavy (non-hydrogen) atoms. The first-order chi connectivity index (χ1) is 14.3. The number of nitrogens with zero attached hydrogens (tertiary/aromatic N) is 8. The topological polar surface area (TPSA) is 98.7 Å². The molecule has 9 heteroatoms. The quantitative estimate of drug-likeness (QED) is 0.498. The third-order valence-electron chi connectivity index (χ3n) is 4.55. The van der Waals surface area contributed by atoms with Crippen LogP contribution in [0, 0.1) is 0 Å². The van der Waals surface area contributed by atoms with Crippen molar-refractivity contribution in [2.45, 2.75) is 6.42 Å². The summed E-state index contributed by atoms with van der Waals surface area (Å²) in [6, 6.07) is 15.7. The lowest BCUT2D eigenvalue weighted by atomic mass is 10.1. The van der Waals surface area contributed by atoms with Gasteiger partial charge in [-0.15, -0.1) is 10.2 Å². The standard InChI is InChI=1S/C20H17N9/c1-28-17(8-10-23-28)25-20-21-9-7-15(24-20)16-12-19-27-26-18(29(19)13-22-16)11-14-5-3-2-4-6-14/h2-10,12-13H,11H2,1H3,(H,21,24,25). The molecule has 5 rings (SSSR count). The molecule has 0 saturated carbocycles. The molecule has 0 aliphatic heterocycles. The van der Waals surface area contributed by atoms with Crippen LogP contribution in [0.25, 0.3) is 17.0 Å². The van der Waals surface area contributed by atoms with Crippen LogP contribution >= 0.6 is 0 Å². The minimum atomic E-state index is 0.471. The fourth-order valence-corrected chi connectivity index (χ4v) is 3.05. The molecule has 0 amide bonds. The van der Waals surface area contributed by atoms with Crippen LogP contribution in [0.15, 0.2) is 67.3 Å². The third kappa shape index (κ3) is 3.41. The fourth-order valence-electron chi connectivity index (χ4n) is 3.05. The molecule has 142 valence electrons. The molecule has 0 fully saturated rings. The molecule has 0 aliphatic rings. The van der Waals surface area contributed by atoms with Gasteiger partial charge in [0.15, 0.2) is 5.65 Å². The van der Waals surface area contributed by atoms with Gasteiger partial charge in [-0.2, -0.15) is 5.10 Å². The Morgan fingerprint density at radius 2 is 1.83 bits per heavy atom. The molecule has 1 N–H and O–H groups in total. The number of anilines is 2. The van der Waals surface area contributed by atoms with Gasteiger partial charge in [0.2, 0.25) is 5.95 Å². The Morgan fingerprint density at radius 1 is 0.931 bits per heavy atom. The van der Waals surface area contributed by atoms with Crippen molar-refractivity contribution >= 4 is 17.4 Å². The third-order valence-corrected chi connectivity index (χ3v) is 4.55. The molecule has 0 spiro atoms. The van der Waals surface area contributed by atoms with Crippen molar-refractivity contribution in [1.82, 2.24) is 39.3 Å². The summed E-state index contributed by atoms with van der Waals surface area (Å²) in [5.41, 5.74) is 3.29. The number of fused-ring (bicyclic) bond motifs is 1. The van der Waals surface area contributed by atoms with E-state index in [2.05, 4.69) is 47.7 Å². The Kier molecular flexibility index (Phi) is 4.17. The molecule has 4 heterocycles. The van der Waals surface area contributed by atoms with Gasteiger partial charge in [0.25, 0.3) is 0 Å². The molecule has 0 atom stereocenters. The second-order valence-electron chi connectivity index (χ2n) is 6.51. The predicted octanol–water partition coefficient (Wildman–Crippen LogP) is 2.65. The molecular formula is C20H17N9. The van der Waals surface area contributed by atoms with Crippen molar-refractivity contribution in [1.29, 1.82) is 0 Å². The van der Waals surface area contributed by atoms with Crippen molar-refractivity contribution < 1.29 is 0 Å². The smallest absolute Gasteiger partial charge is 0.228 e. The van der Waals surface area contributed by atoms with Gasteiger partial charge in [0.1, 0.15) is 18.0 Å². The summed E-state index contributed by atoms with van der Waals surface area (Å²) in [4.78, 5) is 13.4. The maximum atomic E-state index is 4.56. The molecule has 5 aromatic rings. The van der Waals surface area contributed by atoms with Gasteiger partial charge in [-0.25, -0.2) is 15.0 Å². The number of aryl methyl sites for hydroxylation is 1. The number of benzene rings is 1. The van der Waals surface area contributed by atoms with Crippen LogP contribution in [0.3, 0.4) is 0 Å². The van der Waals surface area contributed by atoms with E-state index < -0.39 is 0 Å². The van der Waals surface area contributed by atoms with E-state index in [4.69, 9.17) is 0 Å². The maximum Gasteiger partial charge on any atom is 0.228 e. The van der Waals surface area contributed by atoms with E-state index in [0.717, 1.165) is 17.3 Å². The number of rotatable bonds is 5. The van der Waals surface area contributed by atoms with Crippen LogP contribution in [0.2, 0.25) is 0 Å². The van der Waals surface area contributed by atoms with E-state index in [1.54, 1.807) is 23.4 Å². The van der Waals surface area contributed by atoms with E-state index in [0.29, 0.717) is 23.8 Å². The second-order valence-corrected chi connectivity index (χ2v) is 6.51. The molecule has 0 aliphatic carbocycles. The summed E-state index contributed by atoms with van der Waals surface area (Å²) in [5, 5.41) is 15.9.